The minimum absolute atomic E-state index is 0.0311. The number of hydrogen-bond donors (Lipinski definition) is 1. The third kappa shape index (κ3) is 4.86. The Kier molecular flexibility index (Phi) is 6.40. The van der Waals surface area contributed by atoms with Gasteiger partial charge in [-0.15, -0.1) is 11.3 Å². The Morgan fingerprint density at radius 3 is 2.67 bits per heavy atom. The van der Waals surface area contributed by atoms with Gasteiger partial charge in [0.15, 0.2) is 0 Å². The number of carbonyl (C=O) groups is 1. The van der Waals surface area contributed by atoms with E-state index in [0.29, 0.717) is 40.9 Å². The van der Waals surface area contributed by atoms with E-state index in [1.807, 2.05) is 13.8 Å². The van der Waals surface area contributed by atoms with Gasteiger partial charge in [0.1, 0.15) is 28.7 Å². The molecule has 0 saturated carbocycles. The number of thiophene rings is 1. The second-order valence-corrected chi connectivity index (χ2v) is 11.1. The smallest absolute Gasteiger partial charge is 0.345 e. The monoisotopic (exact) mass is 491 g/mol. The lowest BCUT2D eigenvalue weighted by molar-refractivity contribution is 0.0702. The van der Waals surface area contributed by atoms with Gasteiger partial charge in [-0.3, -0.25) is 4.31 Å². The lowest BCUT2D eigenvalue weighted by atomic mass is 10.1. The van der Waals surface area contributed by atoms with Gasteiger partial charge in [-0.2, -0.15) is 8.42 Å². The Bertz CT molecular complexity index is 1270. The van der Waals surface area contributed by atoms with Crippen LogP contribution in [-0.2, 0) is 23.1 Å². The summed E-state index contributed by atoms with van der Waals surface area (Å²) in [6.45, 7) is 6.40. The molecular weight excluding hydrogens is 466 g/mol. The van der Waals surface area contributed by atoms with Crippen molar-refractivity contribution in [1.82, 2.24) is 0 Å². The van der Waals surface area contributed by atoms with Crippen molar-refractivity contribution >= 4 is 33.0 Å². The minimum Gasteiger partial charge on any atom is -0.493 e. The first-order chi connectivity index (χ1) is 15.6. The second-order valence-electron chi connectivity index (χ2n) is 8.18. The summed E-state index contributed by atoms with van der Waals surface area (Å²) in [6, 6.07) is 9.78. The predicted octanol–water partition coefficient (Wildman–Crippen LogP) is 4.71. The third-order valence-electron chi connectivity index (χ3n) is 5.07. The number of rotatable bonds is 9. The van der Waals surface area contributed by atoms with Crippen LogP contribution in [0.2, 0.25) is 0 Å². The maximum absolute atomic E-state index is 13.6. The summed E-state index contributed by atoms with van der Waals surface area (Å²) in [5, 5.41) is 9.03. The van der Waals surface area contributed by atoms with Crippen molar-refractivity contribution in [3.63, 3.8) is 0 Å². The van der Waals surface area contributed by atoms with Gasteiger partial charge in [-0.05, 0) is 48.7 Å². The summed E-state index contributed by atoms with van der Waals surface area (Å²) in [5.74, 6) is 0.531. The van der Waals surface area contributed by atoms with Crippen LogP contribution in [0.25, 0.3) is 0 Å². The quantitative estimate of drug-likeness (QED) is 0.462. The molecule has 3 heterocycles. The fourth-order valence-corrected chi connectivity index (χ4v) is 5.89. The molecule has 3 aromatic rings. The van der Waals surface area contributed by atoms with Crippen molar-refractivity contribution in [2.24, 2.45) is 5.92 Å². The van der Waals surface area contributed by atoms with E-state index in [2.05, 4.69) is 0 Å². The Morgan fingerprint density at radius 1 is 1.24 bits per heavy atom. The highest BCUT2D eigenvalue weighted by molar-refractivity contribution is 7.92. The van der Waals surface area contributed by atoms with Crippen LogP contribution in [0, 0.1) is 12.8 Å². The first-order valence-corrected chi connectivity index (χ1v) is 12.7. The Balaban J connectivity index is 1.74. The van der Waals surface area contributed by atoms with Crippen LogP contribution in [0.1, 0.15) is 39.7 Å². The molecule has 0 amide bonds. The summed E-state index contributed by atoms with van der Waals surface area (Å²) in [5.41, 5.74) is 1.30. The van der Waals surface area contributed by atoms with Crippen molar-refractivity contribution in [2.45, 2.75) is 38.9 Å². The Morgan fingerprint density at radius 2 is 2.03 bits per heavy atom. The van der Waals surface area contributed by atoms with Gasteiger partial charge in [0, 0.05) is 23.9 Å². The van der Waals surface area contributed by atoms with E-state index >= 15 is 0 Å². The van der Waals surface area contributed by atoms with Crippen molar-refractivity contribution in [1.29, 1.82) is 0 Å². The zero-order chi connectivity index (χ0) is 23.8. The maximum Gasteiger partial charge on any atom is 0.345 e. The highest BCUT2D eigenvalue weighted by Crippen LogP contribution is 2.41. The number of aromatic carboxylic acids is 1. The Hall–Kier alpha value is -2.98. The first-order valence-electron chi connectivity index (χ1n) is 10.5. The van der Waals surface area contributed by atoms with Crippen LogP contribution in [0.3, 0.4) is 0 Å². The van der Waals surface area contributed by atoms with Gasteiger partial charge in [0.25, 0.3) is 10.0 Å². The first kappa shape index (κ1) is 23.2. The van der Waals surface area contributed by atoms with E-state index in [4.69, 9.17) is 19.0 Å². The van der Waals surface area contributed by atoms with Crippen molar-refractivity contribution < 1.29 is 32.2 Å². The summed E-state index contributed by atoms with van der Waals surface area (Å²) >= 11 is 1.11. The number of ether oxygens (including phenoxy) is 2. The van der Waals surface area contributed by atoms with Crippen LogP contribution in [-0.4, -0.2) is 32.6 Å². The van der Waals surface area contributed by atoms with Gasteiger partial charge in [0.2, 0.25) is 5.09 Å². The number of anilines is 1. The molecule has 8 nitrogen and oxygen atoms in total. The van der Waals surface area contributed by atoms with Crippen LogP contribution in [0.15, 0.2) is 45.9 Å². The number of sulfonamides is 1. The molecule has 0 unspecified atom stereocenters. The average molecular weight is 492 g/mol. The van der Waals surface area contributed by atoms with Gasteiger partial charge < -0.3 is 19.0 Å². The number of carboxylic acids is 1. The van der Waals surface area contributed by atoms with Gasteiger partial charge in [-0.1, -0.05) is 13.8 Å². The average Bonchev–Trinajstić information content (AvgIpc) is 3.50. The molecular formula is C23H25NO7S2. The van der Waals surface area contributed by atoms with Gasteiger partial charge >= 0.3 is 5.97 Å². The highest BCUT2D eigenvalue weighted by Gasteiger charge is 2.32. The topological polar surface area (TPSA) is 106 Å². The lowest BCUT2D eigenvalue weighted by Crippen LogP contribution is -2.34. The van der Waals surface area contributed by atoms with Crippen molar-refractivity contribution in [3.8, 4) is 11.5 Å². The number of fused-ring (bicyclic) bond motifs is 1. The summed E-state index contributed by atoms with van der Waals surface area (Å²) < 4.78 is 45.6. The molecule has 0 atom stereocenters. The zero-order valence-electron chi connectivity index (χ0n) is 18.5. The van der Waals surface area contributed by atoms with Crippen LogP contribution < -0.4 is 13.8 Å². The summed E-state index contributed by atoms with van der Waals surface area (Å²) in [6.07, 6.45) is 0.672. The van der Waals surface area contributed by atoms with E-state index in [9.17, 15) is 13.2 Å². The molecule has 1 aliphatic heterocycles. The van der Waals surface area contributed by atoms with Gasteiger partial charge in [0.05, 0.1) is 12.3 Å². The molecule has 4 rings (SSSR count). The molecule has 0 spiro atoms. The summed E-state index contributed by atoms with van der Waals surface area (Å²) in [4.78, 5) is 12.1. The largest absolute Gasteiger partial charge is 0.493 e. The third-order valence-corrected chi connectivity index (χ3v) is 7.77. The van der Waals surface area contributed by atoms with E-state index in [-0.39, 0.29) is 29.0 Å². The van der Waals surface area contributed by atoms with Crippen LogP contribution >= 0.6 is 11.3 Å². The molecule has 0 fully saturated rings. The highest BCUT2D eigenvalue weighted by atomic mass is 32.2. The SMILES string of the molecule is Cc1ccc(S(=O)(=O)N(CC(C)C)c2cc3c(cc2OCc2ccc(C(=O)O)s2)OCC3)o1. The minimum atomic E-state index is -3.99. The number of furan rings is 1. The lowest BCUT2D eigenvalue weighted by Gasteiger charge is -2.27. The zero-order valence-corrected chi connectivity index (χ0v) is 20.2. The molecule has 0 radical (unpaired) electrons. The Labute approximate surface area is 196 Å². The maximum atomic E-state index is 13.6. The number of aryl methyl sites for hydroxylation is 1. The normalized spacial score (nSPS) is 13.1. The molecule has 1 aromatic carbocycles. The molecule has 1 aliphatic rings. The van der Waals surface area contributed by atoms with Crippen LogP contribution in [0.5, 0.6) is 11.5 Å². The molecule has 1 N–H and O–H groups in total. The molecule has 2 aromatic heterocycles. The standard InChI is InChI=1S/C23H25NO7S2/c1-14(2)12-24(33(27,28)22-7-4-15(3)31-22)18-10-16-8-9-29-19(16)11-20(18)30-13-17-5-6-21(32-17)23(25)26/h4-7,10-11,14H,8-9,12-13H2,1-3H3,(H,25,26). The molecule has 176 valence electrons. The van der Waals surface area contributed by atoms with Crippen molar-refractivity contribution in [3.05, 3.63) is 57.5 Å². The van der Waals surface area contributed by atoms with Crippen molar-refractivity contribution in [2.75, 3.05) is 17.5 Å². The number of benzene rings is 1. The number of nitrogens with zero attached hydrogens (tertiary/aromatic N) is 1. The fourth-order valence-electron chi connectivity index (χ4n) is 3.54. The van der Waals surface area contributed by atoms with E-state index < -0.39 is 16.0 Å². The van der Waals surface area contributed by atoms with E-state index in [1.165, 1.54) is 16.4 Å². The second kappa shape index (κ2) is 9.11. The van der Waals surface area contributed by atoms with E-state index in [1.54, 1.807) is 31.2 Å². The van der Waals surface area contributed by atoms with Gasteiger partial charge in [-0.25, -0.2) is 4.79 Å². The van der Waals surface area contributed by atoms with Crippen LogP contribution in [0.4, 0.5) is 5.69 Å². The predicted molar refractivity (Wildman–Crippen MR) is 124 cm³/mol. The molecule has 0 bridgehead atoms. The molecule has 10 heteroatoms. The van der Waals surface area contributed by atoms with E-state index in [0.717, 1.165) is 16.9 Å². The number of hydrogen-bond acceptors (Lipinski definition) is 7. The number of carboxylic acid groups (broad SMARTS) is 1. The summed E-state index contributed by atoms with van der Waals surface area (Å²) in [7, 11) is -3.99. The molecule has 33 heavy (non-hydrogen) atoms. The fraction of sp³-hybridized carbons (Fsp3) is 0.348. The molecule has 0 saturated heterocycles. The molecule has 0 aliphatic carbocycles.